The monoisotopic (exact) mass is 337 g/mol. The summed E-state index contributed by atoms with van der Waals surface area (Å²) in [5.74, 6) is 0.171. The molecule has 0 fully saturated rings. The average molecular weight is 337 g/mol. The van der Waals surface area contributed by atoms with Crippen LogP contribution in [0.15, 0.2) is 48.5 Å². The maximum atomic E-state index is 12.9. The Bertz CT molecular complexity index is 848. The Hall–Kier alpha value is -3.22. The maximum absolute atomic E-state index is 12.9. The summed E-state index contributed by atoms with van der Waals surface area (Å²) in [6, 6.07) is 15.3. The number of para-hydroxylation sites is 2. The Kier molecular flexibility index (Phi) is 5.03. The third kappa shape index (κ3) is 4.00. The summed E-state index contributed by atoms with van der Waals surface area (Å²) in [7, 11) is 1.56. The Morgan fingerprint density at radius 2 is 2.08 bits per heavy atom. The number of benzene rings is 2. The number of anilines is 1. The van der Waals surface area contributed by atoms with Gasteiger partial charge in [-0.05, 0) is 31.0 Å². The van der Waals surface area contributed by atoms with Gasteiger partial charge in [0.15, 0.2) is 5.82 Å². The van der Waals surface area contributed by atoms with Crippen LogP contribution in [-0.2, 0) is 11.2 Å². The molecule has 3 rings (SSSR count). The normalized spacial score (nSPS) is 11.8. The summed E-state index contributed by atoms with van der Waals surface area (Å²) < 4.78 is 5.29. The molecule has 2 aromatic carbocycles. The van der Waals surface area contributed by atoms with Crippen molar-refractivity contribution in [2.24, 2.45) is 0 Å². The summed E-state index contributed by atoms with van der Waals surface area (Å²) in [4.78, 5) is 12.9. The molecule has 1 amide bonds. The predicted octanol–water partition coefficient (Wildman–Crippen LogP) is 2.48. The van der Waals surface area contributed by atoms with E-state index in [4.69, 9.17) is 4.74 Å². The predicted molar refractivity (Wildman–Crippen MR) is 93.4 cm³/mol. The van der Waals surface area contributed by atoms with Gasteiger partial charge in [0.25, 0.3) is 0 Å². The maximum Gasteiger partial charge on any atom is 0.235 e. The molecule has 25 heavy (non-hydrogen) atoms. The Morgan fingerprint density at radius 3 is 2.80 bits per heavy atom. The highest BCUT2D eigenvalue weighted by Gasteiger charge is 2.26. The van der Waals surface area contributed by atoms with Crippen molar-refractivity contribution in [3.8, 4) is 5.75 Å². The number of tetrazole rings is 1. The van der Waals surface area contributed by atoms with E-state index in [1.807, 2.05) is 43.3 Å². The van der Waals surface area contributed by atoms with Gasteiger partial charge in [-0.25, -0.2) is 0 Å². The minimum Gasteiger partial charge on any atom is -0.495 e. The van der Waals surface area contributed by atoms with Crippen LogP contribution in [0.1, 0.15) is 22.9 Å². The molecule has 0 radical (unpaired) electrons. The van der Waals surface area contributed by atoms with Crippen molar-refractivity contribution in [3.05, 3.63) is 65.5 Å². The van der Waals surface area contributed by atoms with Gasteiger partial charge in [0, 0.05) is 0 Å². The lowest BCUT2D eigenvalue weighted by Crippen LogP contribution is -2.24. The van der Waals surface area contributed by atoms with E-state index in [0.717, 1.165) is 11.1 Å². The highest BCUT2D eigenvalue weighted by Crippen LogP contribution is 2.26. The number of nitrogens with one attached hydrogen (secondary N) is 2. The smallest absolute Gasteiger partial charge is 0.235 e. The fraction of sp³-hybridized carbons (Fsp3) is 0.222. The summed E-state index contributed by atoms with van der Waals surface area (Å²) in [6.07, 6.45) is 0.474. The summed E-state index contributed by atoms with van der Waals surface area (Å²) in [6.45, 7) is 2.02. The van der Waals surface area contributed by atoms with Gasteiger partial charge < -0.3 is 10.1 Å². The third-order valence-electron chi connectivity index (χ3n) is 3.88. The molecular formula is C18H19N5O2. The van der Waals surface area contributed by atoms with Crippen molar-refractivity contribution in [1.29, 1.82) is 0 Å². The molecule has 1 atom stereocenters. The van der Waals surface area contributed by atoms with Crippen LogP contribution in [0.2, 0.25) is 0 Å². The lowest BCUT2D eigenvalue weighted by atomic mass is 9.96. The zero-order chi connectivity index (χ0) is 17.6. The number of hydrogen-bond donors (Lipinski definition) is 2. The van der Waals surface area contributed by atoms with Crippen molar-refractivity contribution < 1.29 is 9.53 Å². The van der Waals surface area contributed by atoms with E-state index < -0.39 is 5.92 Å². The van der Waals surface area contributed by atoms with E-state index in [9.17, 15) is 4.79 Å². The molecule has 0 saturated heterocycles. The van der Waals surface area contributed by atoms with Crippen molar-refractivity contribution in [3.63, 3.8) is 0 Å². The first kappa shape index (κ1) is 16.6. The Balaban J connectivity index is 1.85. The number of aromatic nitrogens is 4. The van der Waals surface area contributed by atoms with Gasteiger partial charge >= 0.3 is 0 Å². The van der Waals surface area contributed by atoms with Crippen LogP contribution in [0, 0.1) is 6.92 Å². The zero-order valence-electron chi connectivity index (χ0n) is 14.1. The first-order chi connectivity index (χ1) is 12.2. The molecule has 7 nitrogen and oxygen atoms in total. The molecule has 0 aliphatic rings. The average Bonchev–Trinajstić information content (AvgIpc) is 3.14. The molecule has 0 spiro atoms. The topological polar surface area (TPSA) is 92.8 Å². The highest BCUT2D eigenvalue weighted by molar-refractivity contribution is 5.96. The Labute approximate surface area is 145 Å². The number of carbonyl (C=O) groups excluding carboxylic acids is 1. The van der Waals surface area contributed by atoms with Gasteiger partial charge in [-0.1, -0.05) is 47.2 Å². The first-order valence-electron chi connectivity index (χ1n) is 7.90. The summed E-state index contributed by atoms with van der Waals surface area (Å²) in [5, 5.41) is 16.9. The number of methoxy groups -OCH3 is 1. The van der Waals surface area contributed by atoms with E-state index in [-0.39, 0.29) is 5.91 Å². The third-order valence-corrected chi connectivity index (χ3v) is 3.88. The van der Waals surface area contributed by atoms with Crippen molar-refractivity contribution in [2.45, 2.75) is 19.3 Å². The second kappa shape index (κ2) is 7.57. The number of H-pyrrole nitrogens is 1. The molecule has 0 unspecified atom stereocenters. The van der Waals surface area contributed by atoms with Crippen LogP contribution < -0.4 is 10.1 Å². The van der Waals surface area contributed by atoms with Crippen molar-refractivity contribution >= 4 is 11.6 Å². The molecule has 1 heterocycles. The number of hydrogen-bond acceptors (Lipinski definition) is 5. The van der Waals surface area contributed by atoms with Crippen molar-refractivity contribution in [1.82, 2.24) is 20.6 Å². The lowest BCUT2D eigenvalue weighted by Gasteiger charge is -2.15. The standard InChI is InChI=1S/C18H19N5O2/c1-12-6-5-7-13(10-12)11-14(17-20-22-23-21-17)18(24)19-15-8-3-4-9-16(15)25-2/h3-10,14H,11H2,1-2H3,(H,19,24)(H,20,21,22,23)/t14-/m1/s1. The van der Waals surface area contributed by atoms with Gasteiger partial charge in [0.05, 0.1) is 12.8 Å². The largest absolute Gasteiger partial charge is 0.495 e. The number of carbonyl (C=O) groups is 1. The van der Waals surface area contributed by atoms with E-state index >= 15 is 0 Å². The van der Waals surface area contributed by atoms with Crippen LogP contribution >= 0.6 is 0 Å². The van der Waals surface area contributed by atoms with Crippen LogP contribution in [0.5, 0.6) is 5.75 Å². The molecule has 0 saturated carbocycles. The second-order valence-electron chi connectivity index (χ2n) is 5.71. The van der Waals surface area contributed by atoms with Gasteiger partial charge in [-0.15, -0.1) is 10.2 Å². The molecule has 0 aliphatic heterocycles. The number of rotatable bonds is 6. The fourth-order valence-corrected chi connectivity index (χ4v) is 2.66. The number of amides is 1. The van der Waals surface area contributed by atoms with Crippen LogP contribution in [0.4, 0.5) is 5.69 Å². The van der Waals surface area contributed by atoms with Gasteiger partial charge in [0.1, 0.15) is 11.7 Å². The first-order valence-corrected chi connectivity index (χ1v) is 7.90. The molecule has 3 aromatic rings. The molecule has 7 heteroatoms. The quantitative estimate of drug-likeness (QED) is 0.721. The zero-order valence-corrected chi connectivity index (χ0v) is 14.1. The summed E-state index contributed by atoms with van der Waals surface area (Å²) in [5.41, 5.74) is 2.77. The van der Waals surface area contributed by atoms with E-state index in [1.54, 1.807) is 19.2 Å². The van der Waals surface area contributed by atoms with Crippen LogP contribution in [0.3, 0.4) is 0 Å². The fourth-order valence-electron chi connectivity index (χ4n) is 2.66. The molecule has 128 valence electrons. The van der Waals surface area contributed by atoms with Gasteiger partial charge in [-0.3, -0.25) is 4.79 Å². The Morgan fingerprint density at radius 1 is 1.24 bits per heavy atom. The SMILES string of the molecule is COc1ccccc1NC(=O)[C@H](Cc1cccc(C)c1)c1nn[nH]n1. The van der Waals surface area contributed by atoms with Crippen LogP contribution in [-0.4, -0.2) is 33.6 Å². The molecular weight excluding hydrogens is 318 g/mol. The summed E-state index contributed by atoms with van der Waals surface area (Å²) >= 11 is 0. The van der Waals surface area contributed by atoms with Crippen molar-refractivity contribution in [2.75, 3.05) is 12.4 Å². The van der Waals surface area contributed by atoms with E-state index in [2.05, 4.69) is 25.9 Å². The minimum absolute atomic E-state index is 0.215. The number of aryl methyl sites for hydroxylation is 1. The van der Waals surface area contributed by atoms with Gasteiger partial charge in [0.2, 0.25) is 5.91 Å². The molecule has 2 N–H and O–H groups in total. The van der Waals surface area contributed by atoms with Crippen LogP contribution in [0.25, 0.3) is 0 Å². The highest BCUT2D eigenvalue weighted by atomic mass is 16.5. The molecule has 1 aromatic heterocycles. The minimum atomic E-state index is -0.564. The second-order valence-corrected chi connectivity index (χ2v) is 5.71. The number of nitrogens with zero attached hydrogens (tertiary/aromatic N) is 3. The molecule has 0 bridgehead atoms. The molecule has 0 aliphatic carbocycles. The van der Waals surface area contributed by atoms with Gasteiger partial charge in [-0.2, -0.15) is 5.21 Å². The number of ether oxygens (including phenoxy) is 1. The van der Waals surface area contributed by atoms with E-state index in [0.29, 0.717) is 23.7 Å². The van der Waals surface area contributed by atoms with E-state index in [1.165, 1.54) is 0 Å². The lowest BCUT2D eigenvalue weighted by molar-refractivity contribution is -0.117. The number of aromatic amines is 1.